The molecule has 1 heterocycles. The molecule has 4 aromatic carbocycles. The largest absolute Gasteiger partial charge is 0.497 e. The summed E-state index contributed by atoms with van der Waals surface area (Å²) in [6, 6.07) is 35.2. The van der Waals surface area contributed by atoms with Crippen LogP contribution in [0.15, 0.2) is 125 Å². The first-order chi connectivity index (χ1) is 26.3. The third-order valence-corrected chi connectivity index (χ3v) is 10.7. The molecular formula is C41H46N2O9S2. The zero-order valence-corrected chi connectivity index (χ0v) is 32.5. The monoisotopic (exact) mass is 774 g/mol. The number of rotatable bonds is 21. The van der Waals surface area contributed by atoms with Gasteiger partial charge in [0.1, 0.15) is 23.8 Å². The molecule has 1 aromatic heterocycles. The molecule has 0 saturated carbocycles. The molecule has 0 N–H and O–H groups in total. The van der Waals surface area contributed by atoms with Crippen LogP contribution in [0.5, 0.6) is 11.5 Å². The molecular weight excluding hydrogens is 729 g/mol. The second-order valence-corrected chi connectivity index (χ2v) is 14.7. The quantitative estimate of drug-likeness (QED) is 0.0626. The van der Waals surface area contributed by atoms with E-state index in [-0.39, 0.29) is 31.8 Å². The number of nitrogens with zero attached hydrogens (tertiary/aromatic N) is 2. The second kappa shape index (κ2) is 20.3. The minimum absolute atomic E-state index is 0.172. The molecule has 0 saturated heterocycles. The topological polar surface area (TPSA) is 116 Å². The zero-order chi connectivity index (χ0) is 38.3. The Kier molecular flexibility index (Phi) is 15.3. The van der Waals surface area contributed by atoms with E-state index in [0.29, 0.717) is 35.8 Å². The van der Waals surface area contributed by atoms with Crippen LogP contribution in [0, 0.1) is 6.92 Å². The van der Waals surface area contributed by atoms with Gasteiger partial charge in [-0.1, -0.05) is 84.9 Å². The highest BCUT2D eigenvalue weighted by Gasteiger charge is 2.38. The van der Waals surface area contributed by atoms with Crippen LogP contribution in [-0.2, 0) is 54.7 Å². The summed E-state index contributed by atoms with van der Waals surface area (Å²) >= 11 is -0.282. The van der Waals surface area contributed by atoms with Gasteiger partial charge in [0.15, 0.2) is 0 Å². The maximum Gasteiger partial charge on any atom is 0.332 e. The van der Waals surface area contributed by atoms with Gasteiger partial charge in [0.05, 0.1) is 41.2 Å². The van der Waals surface area contributed by atoms with E-state index in [1.807, 2.05) is 109 Å². The summed E-state index contributed by atoms with van der Waals surface area (Å²) in [5.74, 6) is 1.91. The SMILES string of the molecule is COc1ccc(C(OCC(CCn2cc(C)c(=O)n(COCc3ccccc3)c2=O)SCCOS(=O)OC)(c2ccccc2)c2ccc(OC)cc2)cc1. The molecule has 5 rings (SSSR count). The van der Waals surface area contributed by atoms with Gasteiger partial charge in [-0.05, 0) is 59.9 Å². The van der Waals surface area contributed by atoms with Gasteiger partial charge in [0.2, 0.25) is 0 Å². The highest BCUT2D eigenvalue weighted by molar-refractivity contribution is 7.99. The zero-order valence-electron chi connectivity index (χ0n) is 30.9. The molecule has 0 aliphatic carbocycles. The van der Waals surface area contributed by atoms with Gasteiger partial charge in [-0.25, -0.2) is 9.36 Å². The number of thioether (sulfide) groups is 1. The third-order valence-electron chi connectivity index (χ3n) is 8.84. The molecule has 0 amide bonds. The molecule has 2 atom stereocenters. The van der Waals surface area contributed by atoms with Crippen molar-refractivity contribution in [3.05, 3.63) is 164 Å². The summed E-state index contributed by atoms with van der Waals surface area (Å²) in [5, 5.41) is -0.175. The molecule has 11 nitrogen and oxygen atoms in total. The van der Waals surface area contributed by atoms with Gasteiger partial charge >= 0.3 is 17.1 Å². The van der Waals surface area contributed by atoms with Crippen LogP contribution >= 0.6 is 11.8 Å². The number of aryl methyl sites for hydroxylation is 2. The van der Waals surface area contributed by atoms with E-state index in [1.54, 1.807) is 43.7 Å². The summed E-state index contributed by atoms with van der Waals surface area (Å²) in [5.41, 5.74) is 2.14. The second-order valence-electron chi connectivity index (χ2n) is 12.3. The number of methoxy groups -OCH3 is 2. The van der Waals surface area contributed by atoms with Crippen LogP contribution in [0.1, 0.15) is 34.2 Å². The van der Waals surface area contributed by atoms with Crippen LogP contribution in [-0.4, -0.2) is 58.9 Å². The first-order valence-electron chi connectivity index (χ1n) is 17.4. The molecule has 0 fully saturated rings. The molecule has 54 heavy (non-hydrogen) atoms. The molecule has 0 radical (unpaired) electrons. The highest BCUT2D eigenvalue weighted by atomic mass is 32.2. The Balaban J connectivity index is 1.45. The first kappa shape index (κ1) is 40.7. The summed E-state index contributed by atoms with van der Waals surface area (Å²) in [6.07, 6.45) is 2.09. The summed E-state index contributed by atoms with van der Waals surface area (Å²) in [6.45, 7) is 2.50. The Morgan fingerprint density at radius 1 is 0.778 bits per heavy atom. The van der Waals surface area contributed by atoms with Crippen LogP contribution in [0.3, 0.4) is 0 Å². The lowest BCUT2D eigenvalue weighted by Crippen LogP contribution is -2.41. The van der Waals surface area contributed by atoms with Crippen LogP contribution in [0.2, 0.25) is 0 Å². The van der Waals surface area contributed by atoms with E-state index in [2.05, 4.69) is 0 Å². The van der Waals surface area contributed by atoms with Crippen molar-refractivity contribution in [3.8, 4) is 11.5 Å². The fraction of sp³-hybridized carbons (Fsp3) is 0.317. The molecule has 0 spiro atoms. The van der Waals surface area contributed by atoms with Gasteiger partial charge in [-0.3, -0.25) is 13.2 Å². The van der Waals surface area contributed by atoms with Gasteiger partial charge < -0.3 is 23.5 Å². The number of hydrogen-bond donors (Lipinski definition) is 0. The first-order valence-corrected chi connectivity index (χ1v) is 19.5. The van der Waals surface area contributed by atoms with Crippen molar-refractivity contribution in [3.63, 3.8) is 0 Å². The average Bonchev–Trinajstić information content (AvgIpc) is 3.22. The van der Waals surface area contributed by atoms with E-state index in [0.717, 1.165) is 26.8 Å². The fourth-order valence-corrected chi connectivity index (χ4v) is 7.43. The number of aromatic nitrogens is 2. The van der Waals surface area contributed by atoms with Crippen LogP contribution < -0.4 is 20.7 Å². The van der Waals surface area contributed by atoms with Gasteiger partial charge in [0, 0.05) is 29.3 Å². The van der Waals surface area contributed by atoms with Crippen LogP contribution in [0.25, 0.3) is 0 Å². The van der Waals surface area contributed by atoms with Crippen molar-refractivity contribution in [1.29, 1.82) is 0 Å². The number of benzene rings is 4. The normalized spacial score (nSPS) is 12.7. The molecule has 13 heteroatoms. The van der Waals surface area contributed by atoms with E-state index < -0.39 is 28.2 Å². The summed E-state index contributed by atoms with van der Waals surface area (Å²) in [4.78, 5) is 26.7. The molecule has 286 valence electrons. The van der Waals surface area contributed by atoms with Crippen molar-refractivity contribution in [2.24, 2.45) is 0 Å². The maximum atomic E-state index is 13.7. The molecule has 5 aromatic rings. The van der Waals surface area contributed by atoms with Crippen molar-refractivity contribution in [2.45, 2.75) is 44.1 Å². The Labute approximate surface area is 322 Å². The predicted octanol–water partition coefficient (Wildman–Crippen LogP) is 6.25. The lowest BCUT2D eigenvalue weighted by Gasteiger charge is -2.37. The molecule has 2 unspecified atom stereocenters. The Bertz CT molecular complexity index is 1990. The Morgan fingerprint density at radius 3 is 1.93 bits per heavy atom. The molecule has 0 aliphatic rings. The maximum absolute atomic E-state index is 13.7. The average molecular weight is 775 g/mol. The van der Waals surface area contributed by atoms with E-state index in [1.165, 1.54) is 7.11 Å². The highest BCUT2D eigenvalue weighted by Crippen LogP contribution is 2.42. The van der Waals surface area contributed by atoms with Gasteiger partial charge in [-0.2, -0.15) is 16.0 Å². The lowest BCUT2D eigenvalue weighted by molar-refractivity contribution is 0.0126. The lowest BCUT2D eigenvalue weighted by atomic mass is 9.80. The van der Waals surface area contributed by atoms with Crippen molar-refractivity contribution in [2.75, 3.05) is 40.3 Å². The number of hydrogen-bond acceptors (Lipinski definition) is 10. The third kappa shape index (κ3) is 10.4. The summed E-state index contributed by atoms with van der Waals surface area (Å²) < 4.78 is 48.5. The van der Waals surface area contributed by atoms with Crippen LogP contribution in [0.4, 0.5) is 0 Å². The van der Waals surface area contributed by atoms with E-state index >= 15 is 0 Å². The van der Waals surface area contributed by atoms with Gasteiger partial charge in [-0.15, -0.1) is 0 Å². The Morgan fingerprint density at radius 2 is 1.35 bits per heavy atom. The van der Waals surface area contributed by atoms with E-state index in [4.69, 9.17) is 27.3 Å². The molecule has 0 bridgehead atoms. The minimum Gasteiger partial charge on any atom is -0.497 e. The van der Waals surface area contributed by atoms with Gasteiger partial charge in [0.25, 0.3) is 5.56 Å². The molecule has 0 aliphatic heterocycles. The van der Waals surface area contributed by atoms with Crippen molar-refractivity contribution >= 4 is 23.1 Å². The Hall–Kier alpha value is -4.50. The number of ether oxygens (including phenoxy) is 4. The fourth-order valence-electron chi connectivity index (χ4n) is 6.06. The minimum atomic E-state index is -1.85. The predicted molar refractivity (Wildman–Crippen MR) is 211 cm³/mol. The standard InChI is InChI=1S/C41H46N2O9S2/c1-31-27-42(40(45)43(39(31)44)30-50-28-32-11-7-5-8-12-32)24-23-38(53-26-25-52-54(46)49-4)29-51-41(33-13-9-6-10-14-33,34-15-19-36(47-2)20-16-34)35-17-21-37(48-3)22-18-35/h5-22,27,38H,23-26,28-30H2,1-4H3. The van der Waals surface area contributed by atoms with E-state index in [9.17, 15) is 13.8 Å². The summed E-state index contributed by atoms with van der Waals surface area (Å²) in [7, 11) is 4.57. The smallest absolute Gasteiger partial charge is 0.332 e. The van der Waals surface area contributed by atoms with Crippen molar-refractivity contribution in [1.82, 2.24) is 9.13 Å². The van der Waals surface area contributed by atoms with Crippen molar-refractivity contribution < 1.29 is 31.5 Å².